The normalized spacial score (nSPS) is 12.0. The van der Waals surface area contributed by atoms with E-state index in [1.54, 1.807) is 0 Å². The Labute approximate surface area is 257 Å². The molecule has 208 valence electrons. The van der Waals surface area contributed by atoms with Crippen molar-refractivity contribution in [3.05, 3.63) is 145 Å². The Kier molecular flexibility index (Phi) is 5.56. The SMILES string of the molecule is CCc1ccc2c(-c3ccc4ccc5cccc6ccc3c4c56)c3cc(CC)ccc3c(-c3cccc4ccccc34)c2c1. The molecule has 9 aromatic carbocycles. The van der Waals surface area contributed by atoms with Gasteiger partial charge < -0.3 is 0 Å². The molecule has 0 bridgehead atoms. The molecule has 0 radical (unpaired) electrons. The second-order valence-electron chi connectivity index (χ2n) is 12.2. The van der Waals surface area contributed by atoms with Crippen molar-refractivity contribution in [2.45, 2.75) is 26.7 Å². The molecular weight excluding hydrogens is 528 g/mol. The molecule has 0 saturated heterocycles. The van der Waals surface area contributed by atoms with E-state index in [1.807, 2.05) is 0 Å². The molecule has 0 amide bonds. The summed E-state index contributed by atoms with van der Waals surface area (Å²) in [5.41, 5.74) is 8.03. The lowest BCUT2D eigenvalue weighted by molar-refractivity contribution is 1.14. The predicted molar refractivity (Wildman–Crippen MR) is 192 cm³/mol. The Morgan fingerprint density at radius 2 is 0.841 bits per heavy atom. The molecule has 0 aromatic heterocycles. The van der Waals surface area contributed by atoms with Crippen molar-refractivity contribution >= 4 is 64.6 Å². The van der Waals surface area contributed by atoms with Gasteiger partial charge in [-0.2, -0.15) is 0 Å². The third kappa shape index (κ3) is 3.58. The molecular formula is C44H32. The smallest absolute Gasteiger partial charge is 0.00200 e. The van der Waals surface area contributed by atoms with Gasteiger partial charge >= 0.3 is 0 Å². The third-order valence-corrected chi connectivity index (χ3v) is 9.92. The van der Waals surface area contributed by atoms with Gasteiger partial charge in [0.05, 0.1) is 0 Å². The van der Waals surface area contributed by atoms with Crippen LogP contribution in [0.2, 0.25) is 0 Å². The highest BCUT2D eigenvalue weighted by Crippen LogP contribution is 2.48. The molecule has 0 spiro atoms. The fourth-order valence-corrected chi connectivity index (χ4v) is 7.74. The molecule has 0 atom stereocenters. The Balaban J connectivity index is 1.50. The fraction of sp³-hybridized carbons (Fsp3) is 0.0909. The number of benzene rings is 9. The number of fused-ring (bicyclic) bond motifs is 3. The van der Waals surface area contributed by atoms with Crippen LogP contribution in [-0.2, 0) is 12.8 Å². The third-order valence-electron chi connectivity index (χ3n) is 9.92. The Morgan fingerprint density at radius 3 is 1.52 bits per heavy atom. The van der Waals surface area contributed by atoms with E-state index in [4.69, 9.17) is 0 Å². The quantitative estimate of drug-likeness (QED) is 0.148. The minimum atomic E-state index is 1.00. The summed E-state index contributed by atoms with van der Waals surface area (Å²) in [5.74, 6) is 0. The number of hydrogen-bond donors (Lipinski definition) is 0. The van der Waals surface area contributed by atoms with Crippen molar-refractivity contribution in [1.29, 1.82) is 0 Å². The van der Waals surface area contributed by atoms with Gasteiger partial charge in [-0.25, -0.2) is 0 Å². The number of hydrogen-bond acceptors (Lipinski definition) is 0. The van der Waals surface area contributed by atoms with Crippen molar-refractivity contribution < 1.29 is 0 Å². The second-order valence-corrected chi connectivity index (χ2v) is 12.2. The first kappa shape index (κ1) is 25.3. The Morgan fingerprint density at radius 1 is 0.341 bits per heavy atom. The monoisotopic (exact) mass is 560 g/mol. The van der Waals surface area contributed by atoms with E-state index in [0.717, 1.165) is 12.8 Å². The van der Waals surface area contributed by atoms with E-state index in [1.165, 1.54) is 98.0 Å². The van der Waals surface area contributed by atoms with E-state index in [9.17, 15) is 0 Å². The summed E-state index contributed by atoms with van der Waals surface area (Å²) in [6.45, 7) is 4.52. The Hall–Kier alpha value is -5.20. The lowest BCUT2D eigenvalue weighted by Gasteiger charge is -2.21. The average Bonchev–Trinajstić information content (AvgIpc) is 3.09. The summed E-state index contributed by atoms with van der Waals surface area (Å²) in [5, 5.41) is 15.9. The maximum Gasteiger partial charge on any atom is -0.00200 e. The van der Waals surface area contributed by atoms with Crippen molar-refractivity contribution in [1.82, 2.24) is 0 Å². The highest BCUT2D eigenvalue weighted by Gasteiger charge is 2.21. The molecule has 9 rings (SSSR count). The zero-order valence-electron chi connectivity index (χ0n) is 25.1. The summed E-state index contributed by atoms with van der Waals surface area (Å²) in [4.78, 5) is 0. The molecule has 0 nitrogen and oxygen atoms in total. The molecule has 0 aliphatic carbocycles. The van der Waals surface area contributed by atoms with Gasteiger partial charge in [-0.1, -0.05) is 147 Å². The molecule has 0 unspecified atom stereocenters. The maximum atomic E-state index is 2.46. The van der Waals surface area contributed by atoms with Crippen LogP contribution in [0.1, 0.15) is 25.0 Å². The molecule has 9 aromatic rings. The molecule has 0 N–H and O–H groups in total. The van der Waals surface area contributed by atoms with Crippen LogP contribution >= 0.6 is 0 Å². The van der Waals surface area contributed by atoms with E-state index in [2.05, 4.69) is 147 Å². The van der Waals surface area contributed by atoms with Gasteiger partial charge in [0.2, 0.25) is 0 Å². The van der Waals surface area contributed by atoms with Gasteiger partial charge in [-0.15, -0.1) is 0 Å². The molecule has 0 heteroatoms. The standard InChI is InChI=1S/C44H32/c1-3-27-16-22-38-39(25-27)43(34-14-8-10-29-9-5-6-13-33(29)34)37-21-15-28(4-2)26-40(37)44(38)36-24-20-32-18-17-30-11-7-12-31-19-23-35(36)42(32)41(30)31/h5-26H,3-4H2,1-2H3. The van der Waals surface area contributed by atoms with Gasteiger partial charge in [0.25, 0.3) is 0 Å². The molecule has 0 aliphatic heterocycles. The number of aryl methyl sites for hydroxylation is 2. The van der Waals surface area contributed by atoms with Crippen LogP contribution in [0.4, 0.5) is 0 Å². The average molecular weight is 561 g/mol. The lowest BCUT2D eigenvalue weighted by atomic mass is 9.81. The highest BCUT2D eigenvalue weighted by atomic mass is 14.2. The van der Waals surface area contributed by atoms with Gasteiger partial charge in [0, 0.05) is 0 Å². The van der Waals surface area contributed by atoms with Gasteiger partial charge in [0.1, 0.15) is 0 Å². The molecule has 0 aliphatic rings. The van der Waals surface area contributed by atoms with Gasteiger partial charge in [-0.3, -0.25) is 0 Å². The van der Waals surface area contributed by atoms with E-state index in [0.29, 0.717) is 0 Å². The van der Waals surface area contributed by atoms with Crippen LogP contribution in [-0.4, -0.2) is 0 Å². The molecule has 44 heavy (non-hydrogen) atoms. The first-order valence-corrected chi connectivity index (χ1v) is 15.9. The van der Waals surface area contributed by atoms with Crippen LogP contribution in [0.3, 0.4) is 0 Å². The Bertz CT molecular complexity index is 2540. The topological polar surface area (TPSA) is 0 Å². The summed E-state index contributed by atoms with van der Waals surface area (Å²) < 4.78 is 0. The molecule has 0 fully saturated rings. The molecule has 0 heterocycles. The van der Waals surface area contributed by atoms with Crippen LogP contribution in [0, 0.1) is 0 Å². The summed E-state index contributed by atoms with van der Waals surface area (Å²) >= 11 is 0. The minimum Gasteiger partial charge on any atom is -0.0616 e. The van der Waals surface area contributed by atoms with Crippen molar-refractivity contribution in [3.8, 4) is 22.3 Å². The maximum absolute atomic E-state index is 2.46. The molecule has 0 saturated carbocycles. The summed E-state index contributed by atoms with van der Waals surface area (Å²) in [7, 11) is 0. The summed E-state index contributed by atoms with van der Waals surface area (Å²) in [6.07, 6.45) is 2.01. The van der Waals surface area contributed by atoms with Crippen LogP contribution in [0.15, 0.2) is 133 Å². The fourth-order valence-electron chi connectivity index (χ4n) is 7.74. The highest BCUT2D eigenvalue weighted by molar-refractivity contribution is 6.30. The predicted octanol–water partition coefficient (Wildman–Crippen LogP) is 12.5. The lowest BCUT2D eigenvalue weighted by Crippen LogP contribution is -1.95. The first-order chi connectivity index (χ1) is 21.7. The van der Waals surface area contributed by atoms with Crippen molar-refractivity contribution in [3.63, 3.8) is 0 Å². The first-order valence-electron chi connectivity index (χ1n) is 15.9. The van der Waals surface area contributed by atoms with Crippen molar-refractivity contribution in [2.75, 3.05) is 0 Å². The van der Waals surface area contributed by atoms with E-state index >= 15 is 0 Å². The van der Waals surface area contributed by atoms with Crippen LogP contribution < -0.4 is 0 Å². The van der Waals surface area contributed by atoms with Gasteiger partial charge in [0.15, 0.2) is 0 Å². The van der Waals surface area contributed by atoms with E-state index < -0.39 is 0 Å². The van der Waals surface area contributed by atoms with Crippen LogP contribution in [0.5, 0.6) is 0 Å². The second kappa shape index (κ2) is 9.66. The number of rotatable bonds is 4. The largest absolute Gasteiger partial charge is 0.0616 e. The zero-order chi connectivity index (χ0) is 29.4. The summed E-state index contributed by atoms with van der Waals surface area (Å²) in [6, 6.07) is 50.6. The zero-order valence-corrected chi connectivity index (χ0v) is 25.1. The van der Waals surface area contributed by atoms with Gasteiger partial charge in [-0.05, 0) is 111 Å². The minimum absolute atomic E-state index is 1.00. The van der Waals surface area contributed by atoms with E-state index in [-0.39, 0.29) is 0 Å². The van der Waals surface area contributed by atoms with Crippen LogP contribution in [0.25, 0.3) is 86.9 Å². The van der Waals surface area contributed by atoms with Crippen molar-refractivity contribution in [2.24, 2.45) is 0 Å².